The van der Waals surface area contributed by atoms with Crippen molar-refractivity contribution < 1.29 is 19.1 Å². The Kier molecular flexibility index (Phi) is 5.96. The van der Waals surface area contributed by atoms with E-state index in [-0.39, 0.29) is 35.3 Å². The van der Waals surface area contributed by atoms with E-state index in [1.54, 1.807) is 13.3 Å². The molecule has 7 nitrogen and oxygen atoms in total. The SMILES string of the molecule is COc1ccc(-c2cc(C(=O)NCC3C(=O)NC(C)CC3C)cc3c2OC2(CCCC2)C3)cn1. The van der Waals surface area contributed by atoms with Gasteiger partial charge in [0.2, 0.25) is 11.8 Å². The summed E-state index contributed by atoms with van der Waals surface area (Å²) in [6, 6.07) is 7.79. The number of carbonyl (C=O) groups excluding carboxylic acids is 2. The maximum Gasteiger partial charge on any atom is 0.251 e. The first kappa shape index (κ1) is 22.7. The van der Waals surface area contributed by atoms with Crippen LogP contribution >= 0.6 is 0 Å². The topological polar surface area (TPSA) is 89.5 Å². The molecule has 3 aliphatic rings. The number of rotatable bonds is 5. The monoisotopic (exact) mass is 463 g/mol. The summed E-state index contributed by atoms with van der Waals surface area (Å²) in [4.78, 5) is 30.1. The first-order valence-electron chi connectivity index (χ1n) is 12.3. The molecule has 1 saturated carbocycles. The van der Waals surface area contributed by atoms with E-state index in [9.17, 15) is 9.59 Å². The number of hydrogen-bond donors (Lipinski definition) is 2. The van der Waals surface area contributed by atoms with Crippen LogP contribution in [0.4, 0.5) is 0 Å². The minimum Gasteiger partial charge on any atom is -0.486 e. The number of fused-ring (bicyclic) bond motifs is 1. The molecule has 0 bridgehead atoms. The third kappa shape index (κ3) is 4.24. The van der Waals surface area contributed by atoms with E-state index in [2.05, 4.69) is 22.5 Å². The maximum atomic E-state index is 13.2. The molecule has 3 heterocycles. The number of hydrogen-bond acceptors (Lipinski definition) is 5. The van der Waals surface area contributed by atoms with Crippen molar-refractivity contribution in [1.29, 1.82) is 0 Å². The van der Waals surface area contributed by atoms with Crippen LogP contribution in [0.1, 0.15) is 61.9 Å². The molecule has 5 rings (SSSR count). The first-order valence-corrected chi connectivity index (χ1v) is 12.3. The summed E-state index contributed by atoms with van der Waals surface area (Å²) in [6.45, 7) is 4.42. The predicted molar refractivity (Wildman–Crippen MR) is 129 cm³/mol. The van der Waals surface area contributed by atoms with Crippen LogP contribution in [0.15, 0.2) is 30.5 Å². The highest BCUT2D eigenvalue weighted by Gasteiger charge is 2.43. The van der Waals surface area contributed by atoms with Crippen molar-refractivity contribution in [3.63, 3.8) is 0 Å². The second-order valence-electron chi connectivity index (χ2n) is 10.2. The average molecular weight is 464 g/mol. The summed E-state index contributed by atoms with van der Waals surface area (Å²) in [5.74, 6) is 1.25. The Hall–Kier alpha value is -3.09. The van der Waals surface area contributed by atoms with Crippen molar-refractivity contribution >= 4 is 11.8 Å². The molecule has 1 saturated heterocycles. The molecule has 2 aromatic rings. The highest BCUT2D eigenvalue weighted by molar-refractivity contribution is 5.97. The van der Waals surface area contributed by atoms with Gasteiger partial charge >= 0.3 is 0 Å². The largest absolute Gasteiger partial charge is 0.486 e. The van der Waals surface area contributed by atoms with Gasteiger partial charge in [0, 0.05) is 48.0 Å². The van der Waals surface area contributed by atoms with Gasteiger partial charge in [0.1, 0.15) is 11.4 Å². The smallest absolute Gasteiger partial charge is 0.251 e. The molecule has 0 radical (unpaired) electrons. The normalized spacial score (nSPS) is 24.9. The van der Waals surface area contributed by atoms with Gasteiger partial charge in [0.25, 0.3) is 5.91 Å². The summed E-state index contributed by atoms with van der Waals surface area (Å²) in [5.41, 5.74) is 3.26. The number of nitrogens with zero attached hydrogens (tertiary/aromatic N) is 1. The number of amides is 2. The van der Waals surface area contributed by atoms with Gasteiger partial charge in [-0.3, -0.25) is 9.59 Å². The maximum absolute atomic E-state index is 13.2. The van der Waals surface area contributed by atoms with Gasteiger partial charge in [-0.25, -0.2) is 4.98 Å². The number of nitrogens with one attached hydrogen (secondary N) is 2. The lowest BCUT2D eigenvalue weighted by Crippen LogP contribution is -2.50. The lowest BCUT2D eigenvalue weighted by molar-refractivity contribution is -0.129. The van der Waals surface area contributed by atoms with E-state index in [4.69, 9.17) is 9.47 Å². The van der Waals surface area contributed by atoms with Gasteiger partial charge in [-0.1, -0.05) is 6.92 Å². The minimum absolute atomic E-state index is 0.0158. The fraction of sp³-hybridized carbons (Fsp3) is 0.519. The van der Waals surface area contributed by atoms with E-state index in [1.807, 2.05) is 31.2 Å². The van der Waals surface area contributed by atoms with E-state index >= 15 is 0 Å². The zero-order valence-electron chi connectivity index (χ0n) is 20.1. The molecule has 3 unspecified atom stereocenters. The molecule has 3 atom stereocenters. The summed E-state index contributed by atoms with van der Waals surface area (Å²) in [5, 5.41) is 6.02. The average Bonchev–Trinajstić information content (AvgIpc) is 3.43. The Morgan fingerprint density at radius 1 is 1.26 bits per heavy atom. The van der Waals surface area contributed by atoms with Crippen LogP contribution in [0.3, 0.4) is 0 Å². The number of benzene rings is 1. The summed E-state index contributed by atoms with van der Waals surface area (Å²) < 4.78 is 11.8. The van der Waals surface area contributed by atoms with Crippen molar-refractivity contribution in [2.24, 2.45) is 11.8 Å². The standard InChI is InChI=1S/C27H33N3O4/c1-16-10-17(2)30-26(32)22(16)15-29-25(31)19-11-20-13-27(8-4-5-9-27)34-24(20)21(12-19)18-6-7-23(33-3)28-14-18/h6-7,11-12,14,16-17,22H,4-5,8-10,13,15H2,1-3H3,(H,29,31)(H,30,32). The lowest BCUT2D eigenvalue weighted by Gasteiger charge is -2.32. The van der Waals surface area contributed by atoms with Crippen LogP contribution in [0.25, 0.3) is 11.1 Å². The number of pyridine rings is 1. The Morgan fingerprint density at radius 2 is 2.06 bits per heavy atom. The van der Waals surface area contributed by atoms with E-state index in [1.165, 1.54) is 12.8 Å². The van der Waals surface area contributed by atoms with Gasteiger partial charge < -0.3 is 20.1 Å². The van der Waals surface area contributed by atoms with Gasteiger partial charge in [0.05, 0.1) is 13.0 Å². The van der Waals surface area contributed by atoms with E-state index < -0.39 is 0 Å². The number of piperidine rings is 1. The van der Waals surface area contributed by atoms with E-state index in [0.717, 1.165) is 48.1 Å². The number of aromatic nitrogens is 1. The van der Waals surface area contributed by atoms with Crippen LogP contribution in [-0.2, 0) is 11.2 Å². The van der Waals surface area contributed by atoms with Crippen molar-refractivity contribution in [2.45, 2.75) is 64.0 Å². The fourth-order valence-corrected chi connectivity index (χ4v) is 5.83. The molecular weight excluding hydrogens is 430 g/mol. The van der Waals surface area contributed by atoms with Crippen LogP contribution in [0.2, 0.25) is 0 Å². The molecule has 2 amide bonds. The summed E-state index contributed by atoms with van der Waals surface area (Å²) >= 11 is 0. The Labute approximate surface area is 200 Å². The third-order valence-corrected chi connectivity index (χ3v) is 7.65. The van der Waals surface area contributed by atoms with Gasteiger partial charge in [-0.05, 0) is 68.7 Å². The Bertz CT molecular complexity index is 1090. The number of ether oxygens (including phenoxy) is 2. The quantitative estimate of drug-likeness (QED) is 0.702. The minimum atomic E-state index is -0.218. The molecule has 1 aromatic heterocycles. The third-order valence-electron chi connectivity index (χ3n) is 7.65. The highest BCUT2D eigenvalue weighted by Crippen LogP contribution is 2.49. The van der Waals surface area contributed by atoms with Gasteiger partial charge in [0.15, 0.2) is 0 Å². The molecular formula is C27H33N3O4. The molecule has 34 heavy (non-hydrogen) atoms. The van der Waals surface area contributed by atoms with Crippen molar-refractivity contribution in [1.82, 2.24) is 15.6 Å². The van der Waals surface area contributed by atoms with Crippen LogP contribution in [0, 0.1) is 11.8 Å². The molecule has 2 N–H and O–H groups in total. The van der Waals surface area contributed by atoms with Gasteiger partial charge in [-0.15, -0.1) is 0 Å². The fourth-order valence-electron chi connectivity index (χ4n) is 5.83. The highest BCUT2D eigenvalue weighted by atomic mass is 16.5. The van der Waals surface area contributed by atoms with Crippen LogP contribution in [0.5, 0.6) is 11.6 Å². The molecule has 7 heteroatoms. The molecule has 2 fully saturated rings. The second-order valence-corrected chi connectivity index (χ2v) is 10.2. The Balaban J connectivity index is 1.42. The number of methoxy groups -OCH3 is 1. The molecule has 1 spiro atoms. The lowest BCUT2D eigenvalue weighted by atomic mass is 9.84. The molecule has 180 valence electrons. The molecule has 1 aliphatic carbocycles. The van der Waals surface area contributed by atoms with Crippen molar-refractivity contribution in [3.8, 4) is 22.8 Å². The van der Waals surface area contributed by atoms with Gasteiger partial charge in [-0.2, -0.15) is 0 Å². The van der Waals surface area contributed by atoms with Crippen LogP contribution in [-0.4, -0.2) is 42.1 Å². The zero-order chi connectivity index (χ0) is 23.9. The zero-order valence-corrected chi connectivity index (χ0v) is 20.1. The summed E-state index contributed by atoms with van der Waals surface area (Å²) in [6.07, 6.45) is 7.91. The molecule has 1 aromatic carbocycles. The molecule has 2 aliphatic heterocycles. The van der Waals surface area contributed by atoms with Crippen molar-refractivity contribution in [2.75, 3.05) is 13.7 Å². The summed E-state index contributed by atoms with van der Waals surface area (Å²) in [7, 11) is 1.59. The first-order chi connectivity index (χ1) is 16.4. The number of carbonyl (C=O) groups is 2. The second kappa shape index (κ2) is 8.93. The van der Waals surface area contributed by atoms with Crippen molar-refractivity contribution in [3.05, 3.63) is 41.6 Å². The predicted octanol–water partition coefficient (Wildman–Crippen LogP) is 3.90. The Morgan fingerprint density at radius 3 is 2.74 bits per heavy atom. The van der Waals surface area contributed by atoms with E-state index in [0.29, 0.717) is 18.0 Å². The van der Waals surface area contributed by atoms with Crippen LogP contribution < -0.4 is 20.1 Å².